The predicted octanol–water partition coefficient (Wildman–Crippen LogP) is 3.46. The Hall–Kier alpha value is -2.88. The maximum Gasteiger partial charge on any atom is 0.343 e. The number of rotatable bonds is 3. The van der Waals surface area contributed by atoms with Gasteiger partial charge in [0.1, 0.15) is 11.5 Å². The third kappa shape index (κ3) is 2.84. The molecular weight excluding hydrogens is 266 g/mol. The third-order valence-electron chi connectivity index (χ3n) is 3.15. The van der Waals surface area contributed by atoms with Crippen molar-refractivity contribution in [3.8, 4) is 11.5 Å². The van der Waals surface area contributed by atoms with Crippen molar-refractivity contribution < 1.29 is 14.3 Å². The average Bonchev–Trinajstić information content (AvgIpc) is 2.55. The van der Waals surface area contributed by atoms with Gasteiger partial charge in [-0.15, -0.1) is 0 Å². The maximum absolute atomic E-state index is 12.0. The highest BCUT2D eigenvalue weighted by Crippen LogP contribution is 2.25. The quantitative estimate of drug-likeness (QED) is 0.544. The van der Waals surface area contributed by atoms with E-state index in [0.717, 1.165) is 16.5 Å². The Morgan fingerprint density at radius 3 is 2.29 bits per heavy atom. The molecule has 3 aromatic rings. The van der Waals surface area contributed by atoms with Gasteiger partial charge in [-0.1, -0.05) is 12.1 Å². The Morgan fingerprint density at radius 1 is 0.905 bits per heavy atom. The van der Waals surface area contributed by atoms with Crippen molar-refractivity contribution in [2.45, 2.75) is 0 Å². The average molecular weight is 279 g/mol. The number of carbonyl (C=O) groups excluding carboxylic acids is 1. The number of benzene rings is 2. The van der Waals surface area contributed by atoms with Crippen LogP contribution in [0, 0.1) is 0 Å². The molecule has 0 aliphatic carbocycles. The molecule has 0 saturated carbocycles. The Kier molecular flexibility index (Phi) is 3.51. The largest absolute Gasteiger partial charge is 0.497 e. The van der Waals surface area contributed by atoms with Gasteiger partial charge in [0, 0.05) is 12.4 Å². The van der Waals surface area contributed by atoms with Gasteiger partial charge in [-0.2, -0.15) is 0 Å². The zero-order chi connectivity index (χ0) is 14.7. The number of carbonyl (C=O) groups is 1. The van der Waals surface area contributed by atoms with Crippen LogP contribution < -0.4 is 9.47 Å². The molecule has 0 atom stereocenters. The molecule has 4 heteroatoms. The van der Waals surface area contributed by atoms with Gasteiger partial charge >= 0.3 is 5.97 Å². The standard InChI is InChI=1S/C17H13NO3/c1-20-15-4-2-12-3-5-16(11-14(12)10-15)21-17(19)13-6-8-18-9-7-13/h2-11H,1H3. The molecule has 0 amide bonds. The smallest absolute Gasteiger partial charge is 0.343 e. The van der Waals surface area contributed by atoms with Gasteiger partial charge in [-0.25, -0.2) is 4.79 Å². The van der Waals surface area contributed by atoms with Crippen LogP contribution in [0.15, 0.2) is 60.9 Å². The number of hydrogen-bond donors (Lipinski definition) is 0. The summed E-state index contributed by atoms with van der Waals surface area (Å²) in [6.45, 7) is 0. The second kappa shape index (κ2) is 5.63. The molecule has 4 nitrogen and oxygen atoms in total. The van der Waals surface area contributed by atoms with Gasteiger partial charge in [0.05, 0.1) is 12.7 Å². The molecule has 0 radical (unpaired) electrons. The summed E-state index contributed by atoms with van der Waals surface area (Å²) in [5.74, 6) is 0.859. The predicted molar refractivity (Wildman–Crippen MR) is 79.7 cm³/mol. The van der Waals surface area contributed by atoms with Crippen LogP contribution in [-0.2, 0) is 0 Å². The van der Waals surface area contributed by atoms with E-state index in [4.69, 9.17) is 9.47 Å². The normalized spacial score (nSPS) is 10.3. The second-order valence-electron chi connectivity index (χ2n) is 4.50. The zero-order valence-corrected chi connectivity index (χ0v) is 11.4. The highest BCUT2D eigenvalue weighted by molar-refractivity contribution is 5.92. The van der Waals surface area contributed by atoms with E-state index in [1.807, 2.05) is 30.3 Å². The minimum Gasteiger partial charge on any atom is -0.497 e. The van der Waals surface area contributed by atoms with E-state index in [-0.39, 0.29) is 0 Å². The van der Waals surface area contributed by atoms with Crippen molar-refractivity contribution in [1.82, 2.24) is 4.98 Å². The summed E-state index contributed by atoms with van der Waals surface area (Å²) in [4.78, 5) is 15.9. The lowest BCUT2D eigenvalue weighted by Gasteiger charge is -2.07. The summed E-state index contributed by atoms with van der Waals surface area (Å²) < 4.78 is 10.6. The van der Waals surface area contributed by atoms with Crippen LogP contribution in [0.4, 0.5) is 0 Å². The lowest BCUT2D eigenvalue weighted by molar-refractivity contribution is 0.0735. The summed E-state index contributed by atoms with van der Waals surface area (Å²) in [5, 5.41) is 2.01. The fourth-order valence-electron chi connectivity index (χ4n) is 2.05. The Bertz CT molecular complexity index is 784. The number of methoxy groups -OCH3 is 1. The first-order valence-electron chi connectivity index (χ1n) is 6.46. The molecule has 0 spiro atoms. The number of esters is 1. The van der Waals surface area contributed by atoms with Gasteiger partial charge in [0.2, 0.25) is 0 Å². The molecule has 3 rings (SSSR count). The maximum atomic E-state index is 12.0. The number of nitrogens with zero attached hydrogens (tertiary/aromatic N) is 1. The van der Waals surface area contributed by atoms with Gasteiger partial charge in [0.15, 0.2) is 0 Å². The van der Waals surface area contributed by atoms with Gasteiger partial charge in [0.25, 0.3) is 0 Å². The van der Waals surface area contributed by atoms with E-state index in [1.165, 1.54) is 0 Å². The fraction of sp³-hybridized carbons (Fsp3) is 0.0588. The first kappa shape index (κ1) is 13.1. The SMILES string of the molecule is COc1ccc2ccc(OC(=O)c3ccncc3)cc2c1. The summed E-state index contributed by atoms with van der Waals surface area (Å²) in [6.07, 6.45) is 3.11. The van der Waals surface area contributed by atoms with Crippen LogP contribution in [0.3, 0.4) is 0 Å². The molecule has 2 aromatic carbocycles. The lowest BCUT2D eigenvalue weighted by atomic mass is 10.1. The van der Waals surface area contributed by atoms with Crippen molar-refractivity contribution in [2.75, 3.05) is 7.11 Å². The number of fused-ring (bicyclic) bond motifs is 1. The van der Waals surface area contributed by atoms with Gasteiger partial charge in [-0.05, 0) is 47.2 Å². The molecule has 21 heavy (non-hydrogen) atoms. The van der Waals surface area contributed by atoms with Gasteiger partial charge in [-0.3, -0.25) is 4.98 Å². The molecule has 0 fully saturated rings. The fourth-order valence-corrected chi connectivity index (χ4v) is 2.05. The van der Waals surface area contributed by atoms with Crippen LogP contribution >= 0.6 is 0 Å². The van der Waals surface area contributed by atoms with Crippen LogP contribution in [0.2, 0.25) is 0 Å². The van der Waals surface area contributed by atoms with Crippen molar-refractivity contribution in [3.63, 3.8) is 0 Å². The molecule has 1 aromatic heterocycles. The number of aromatic nitrogens is 1. The third-order valence-corrected chi connectivity index (χ3v) is 3.15. The van der Waals surface area contributed by atoms with Crippen LogP contribution in [-0.4, -0.2) is 18.1 Å². The first-order chi connectivity index (χ1) is 10.3. The summed E-state index contributed by atoms with van der Waals surface area (Å²) >= 11 is 0. The zero-order valence-electron chi connectivity index (χ0n) is 11.4. The van der Waals surface area contributed by atoms with Crippen molar-refractivity contribution >= 4 is 16.7 Å². The molecular formula is C17H13NO3. The summed E-state index contributed by atoms with van der Waals surface area (Å²) in [7, 11) is 1.62. The van der Waals surface area contributed by atoms with E-state index >= 15 is 0 Å². The molecule has 0 unspecified atom stereocenters. The number of ether oxygens (including phenoxy) is 2. The number of pyridine rings is 1. The van der Waals surface area contributed by atoms with E-state index in [2.05, 4.69) is 4.98 Å². The molecule has 1 heterocycles. The van der Waals surface area contributed by atoms with Crippen molar-refractivity contribution in [2.24, 2.45) is 0 Å². The summed E-state index contributed by atoms with van der Waals surface area (Å²) in [6, 6.07) is 14.5. The van der Waals surface area contributed by atoms with Crippen LogP contribution in [0.5, 0.6) is 11.5 Å². The topological polar surface area (TPSA) is 48.4 Å². The minimum absolute atomic E-state index is 0.403. The first-order valence-corrected chi connectivity index (χ1v) is 6.46. The second-order valence-corrected chi connectivity index (χ2v) is 4.50. The van der Waals surface area contributed by atoms with E-state index < -0.39 is 5.97 Å². The molecule has 104 valence electrons. The van der Waals surface area contributed by atoms with Crippen molar-refractivity contribution in [1.29, 1.82) is 0 Å². The Labute approximate surface area is 122 Å². The highest BCUT2D eigenvalue weighted by atomic mass is 16.5. The van der Waals surface area contributed by atoms with E-state index in [0.29, 0.717) is 11.3 Å². The van der Waals surface area contributed by atoms with Gasteiger partial charge < -0.3 is 9.47 Å². The highest BCUT2D eigenvalue weighted by Gasteiger charge is 2.08. The molecule has 0 saturated heterocycles. The Morgan fingerprint density at radius 2 is 1.57 bits per heavy atom. The minimum atomic E-state index is -0.403. The lowest BCUT2D eigenvalue weighted by Crippen LogP contribution is -2.08. The monoisotopic (exact) mass is 279 g/mol. The molecule has 0 bridgehead atoms. The van der Waals surface area contributed by atoms with Crippen molar-refractivity contribution in [3.05, 3.63) is 66.5 Å². The van der Waals surface area contributed by atoms with E-state index in [9.17, 15) is 4.79 Å². The summed E-state index contributed by atoms with van der Waals surface area (Å²) in [5.41, 5.74) is 0.468. The van der Waals surface area contributed by atoms with Crippen LogP contribution in [0.1, 0.15) is 10.4 Å². The van der Waals surface area contributed by atoms with E-state index in [1.54, 1.807) is 37.7 Å². The van der Waals surface area contributed by atoms with Crippen LogP contribution in [0.25, 0.3) is 10.8 Å². The molecule has 0 aliphatic heterocycles. The molecule has 0 aliphatic rings. The molecule has 0 N–H and O–H groups in total. The number of hydrogen-bond acceptors (Lipinski definition) is 4. The Balaban J connectivity index is 1.89.